The van der Waals surface area contributed by atoms with E-state index in [0.717, 1.165) is 0 Å². The Morgan fingerprint density at radius 2 is 1.79 bits per heavy atom. The molecular formula is C17H16Cl2N2O3. The van der Waals surface area contributed by atoms with E-state index >= 15 is 0 Å². The van der Waals surface area contributed by atoms with E-state index in [0.29, 0.717) is 22.0 Å². The number of nitrogens with zero attached hydrogens (tertiary/aromatic N) is 1. The standard InChI is InChI=1S/C17H16Cl2N2O3/c1-21(17(23)14-8-3-11(18)9-15(14)19)10-16(22)20-12-4-6-13(24-2)7-5-12/h3-9H,10H2,1-2H3,(H,20,22). The molecule has 0 bridgehead atoms. The van der Waals surface area contributed by atoms with Crippen molar-refractivity contribution >= 4 is 40.7 Å². The summed E-state index contributed by atoms with van der Waals surface area (Å²) in [4.78, 5) is 25.7. The average Bonchev–Trinajstić information content (AvgIpc) is 2.54. The van der Waals surface area contributed by atoms with Crippen molar-refractivity contribution in [3.63, 3.8) is 0 Å². The number of carbonyl (C=O) groups excluding carboxylic acids is 2. The van der Waals surface area contributed by atoms with Gasteiger partial charge >= 0.3 is 0 Å². The lowest BCUT2D eigenvalue weighted by atomic mass is 10.2. The van der Waals surface area contributed by atoms with Gasteiger partial charge in [0.1, 0.15) is 5.75 Å². The number of amides is 2. The number of halogens is 2. The molecule has 126 valence electrons. The number of methoxy groups -OCH3 is 1. The van der Waals surface area contributed by atoms with Crippen LogP contribution in [0, 0.1) is 0 Å². The summed E-state index contributed by atoms with van der Waals surface area (Å²) in [6.45, 7) is -0.107. The van der Waals surface area contributed by atoms with Crippen molar-refractivity contribution in [2.45, 2.75) is 0 Å². The first-order chi connectivity index (χ1) is 11.4. The van der Waals surface area contributed by atoms with Gasteiger partial charge in [0, 0.05) is 17.8 Å². The molecule has 24 heavy (non-hydrogen) atoms. The van der Waals surface area contributed by atoms with Crippen LogP contribution < -0.4 is 10.1 Å². The van der Waals surface area contributed by atoms with Crippen molar-refractivity contribution in [1.82, 2.24) is 4.90 Å². The molecule has 0 saturated heterocycles. The maximum absolute atomic E-state index is 12.4. The van der Waals surface area contributed by atoms with Crippen LogP contribution >= 0.6 is 23.2 Å². The van der Waals surface area contributed by atoms with Gasteiger partial charge in [0.05, 0.1) is 24.2 Å². The number of hydrogen-bond acceptors (Lipinski definition) is 3. The Morgan fingerprint density at radius 1 is 1.12 bits per heavy atom. The SMILES string of the molecule is COc1ccc(NC(=O)CN(C)C(=O)c2ccc(Cl)cc2Cl)cc1. The molecular weight excluding hydrogens is 351 g/mol. The largest absolute Gasteiger partial charge is 0.497 e. The molecule has 0 saturated carbocycles. The monoisotopic (exact) mass is 366 g/mol. The molecule has 0 aromatic heterocycles. The first kappa shape index (κ1) is 18.1. The van der Waals surface area contributed by atoms with E-state index in [1.807, 2.05) is 0 Å². The van der Waals surface area contributed by atoms with Crippen molar-refractivity contribution in [2.24, 2.45) is 0 Å². The molecule has 5 nitrogen and oxygen atoms in total. The first-order valence-electron chi connectivity index (χ1n) is 7.05. The van der Waals surface area contributed by atoms with Crippen LogP contribution in [0.25, 0.3) is 0 Å². The maximum Gasteiger partial charge on any atom is 0.255 e. The Morgan fingerprint density at radius 3 is 2.38 bits per heavy atom. The van der Waals surface area contributed by atoms with Crippen molar-refractivity contribution in [3.8, 4) is 5.75 Å². The summed E-state index contributed by atoms with van der Waals surface area (Å²) in [5, 5.41) is 3.40. The van der Waals surface area contributed by atoms with Crippen molar-refractivity contribution < 1.29 is 14.3 Å². The molecule has 2 aromatic carbocycles. The number of likely N-dealkylation sites (N-methyl/N-ethyl adjacent to an activating group) is 1. The van der Waals surface area contributed by atoms with Crippen LogP contribution in [-0.4, -0.2) is 37.4 Å². The van der Waals surface area contributed by atoms with Crippen LogP contribution in [0.5, 0.6) is 5.75 Å². The van der Waals surface area contributed by atoms with E-state index in [2.05, 4.69) is 5.32 Å². The zero-order valence-electron chi connectivity index (χ0n) is 13.2. The molecule has 0 heterocycles. The van der Waals surface area contributed by atoms with Gasteiger partial charge in [-0.05, 0) is 42.5 Å². The lowest BCUT2D eigenvalue weighted by Gasteiger charge is -2.17. The van der Waals surface area contributed by atoms with Gasteiger partial charge in [0.15, 0.2) is 0 Å². The fraction of sp³-hybridized carbons (Fsp3) is 0.176. The van der Waals surface area contributed by atoms with Gasteiger partial charge in [-0.2, -0.15) is 0 Å². The van der Waals surface area contributed by atoms with Crippen LogP contribution in [0.2, 0.25) is 10.0 Å². The molecule has 0 fully saturated rings. The minimum atomic E-state index is -0.360. The average molecular weight is 367 g/mol. The summed E-state index contributed by atoms with van der Waals surface area (Å²) in [5.41, 5.74) is 0.909. The molecule has 0 aliphatic carbocycles. The number of carbonyl (C=O) groups is 2. The van der Waals surface area contributed by atoms with E-state index in [1.54, 1.807) is 37.4 Å². The second kappa shape index (κ2) is 8.04. The number of benzene rings is 2. The second-order valence-corrected chi connectivity index (χ2v) is 5.91. The minimum Gasteiger partial charge on any atom is -0.497 e. The molecule has 2 aromatic rings. The predicted octanol–water partition coefficient (Wildman–Crippen LogP) is 3.71. The molecule has 2 amide bonds. The molecule has 1 N–H and O–H groups in total. The summed E-state index contributed by atoms with van der Waals surface area (Å²) >= 11 is 11.8. The molecule has 0 spiro atoms. The van der Waals surface area contributed by atoms with E-state index < -0.39 is 0 Å². The van der Waals surface area contributed by atoms with Crippen LogP contribution in [-0.2, 0) is 4.79 Å². The molecule has 0 atom stereocenters. The van der Waals surface area contributed by atoms with E-state index in [1.165, 1.54) is 24.1 Å². The normalized spacial score (nSPS) is 10.2. The number of rotatable bonds is 5. The summed E-state index contributed by atoms with van der Waals surface area (Å²) in [7, 11) is 3.09. The molecule has 7 heteroatoms. The number of anilines is 1. The topological polar surface area (TPSA) is 58.6 Å². The summed E-state index contributed by atoms with van der Waals surface area (Å²) in [6.07, 6.45) is 0. The van der Waals surface area contributed by atoms with Crippen molar-refractivity contribution in [1.29, 1.82) is 0 Å². The van der Waals surface area contributed by atoms with E-state index in [4.69, 9.17) is 27.9 Å². The Hall–Kier alpha value is -2.24. The van der Waals surface area contributed by atoms with Gasteiger partial charge < -0.3 is 15.0 Å². The number of nitrogens with one attached hydrogen (secondary N) is 1. The van der Waals surface area contributed by atoms with E-state index in [-0.39, 0.29) is 23.4 Å². The zero-order chi connectivity index (χ0) is 17.7. The minimum absolute atomic E-state index is 0.107. The highest BCUT2D eigenvalue weighted by Gasteiger charge is 2.17. The van der Waals surface area contributed by atoms with Crippen LogP contribution in [0.15, 0.2) is 42.5 Å². The highest BCUT2D eigenvalue weighted by molar-refractivity contribution is 6.36. The van der Waals surface area contributed by atoms with Gasteiger partial charge in [0.25, 0.3) is 5.91 Å². The molecule has 0 unspecified atom stereocenters. The fourth-order valence-corrected chi connectivity index (χ4v) is 2.52. The third-order valence-electron chi connectivity index (χ3n) is 3.26. The van der Waals surface area contributed by atoms with E-state index in [9.17, 15) is 9.59 Å². The van der Waals surface area contributed by atoms with Crippen LogP contribution in [0.4, 0.5) is 5.69 Å². The highest BCUT2D eigenvalue weighted by Crippen LogP contribution is 2.22. The zero-order valence-corrected chi connectivity index (χ0v) is 14.7. The Balaban J connectivity index is 1.98. The summed E-state index contributed by atoms with van der Waals surface area (Å²) < 4.78 is 5.05. The molecule has 0 radical (unpaired) electrons. The smallest absolute Gasteiger partial charge is 0.255 e. The third-order valence-corrected chi connectivity index (χ3v) is 3.81. The fourth-order valence-electron chi connectivity index (χ4n) is 2.03. The molecule has 2 rings (SSSR count). The molecule has 0 aliphatic heterocycles. The van der Waals surface area contributed by atoms with Gasteiger partial charge in [-0.15, -0.1) is 0 Å². The molecule has 0 aliphatic rings. The van der Waals surface area contributed by atoms with Crippen LogP contribution in [0.3, 0.4) is 0 Å². The first-order valence-corrected chi connectivity index (χ1v) is 7.80. The van der Waals surface area contributed by atoms with Gasteiger partial charge in [-0.1, -0.05) is 23.2 Å². The predicted molar refractivity (Wildman–Crippen MR) is 95.0 cm³/mol. The lowest BCUT2D eigenvalue weighted by molar-refractivity contribution is -0.116. The van der Waals surface area contributed by atoms with Gasteiger partial charge in [0.2, 0.25) is 5.91 Å². The second-order valence-electron chi connectivity index (χ2n) is 5.06. The number of hydrogen-bond donors (Lipinski definition) is 1. The van der Waals surface area contributed by atoms with Crippen LogP contribution in [0.1, 0.15) is 10.4 Å². The van der Waals surface area contributed by atoms with Gasteiger partial charge in [-0.25, -0.2) is 0 Å². The quantitative estimate of drug-likeness (QED) is 0.877. The van der Waals surface area contributed by atoms with Crippen molar-refractivity contribution in [2.75, 3.05) is 26.0 Å². The van der Waals surface area contributed by atoms with Gasteiger partial charge in [-0.3, -0.25) is 9.59 Å². The Kier molecular flexibility index (Phi) is 6.06. The Bertz CT molecular complexity index is 748. The lowest BCUT2D eigenvalue weighted by Crippen LogP contribution is -2.35. The third kappa shape index (κ3) is 4.63. The maximum atomic E-state index is 12.4. The summed E-state index contributed by atoms with van der Waals surface area (Å²) in [5.74, 6) is 0.0142. The Labute approximate surface area is 150 Å². The van der Waals surface area contributed by atoms with Crippen molar-refractivity contribution in [3.05, 3.63) is 58.1 Å². The summed E-state index contributed by atoms with van der Waals surface area (Å²) in [6, 6.07) is 11.5. The number of ether oxygens (including phenoxy) is 1. The highest BCUT2D eigenvalue weighted by atomic mass is 35.5.